The number of likely N-dealkylation sites (tertiary alicyclic amines) is 1. The molecule has 1 aromatic rings. The fourth-order valence-corrected chi connectivity index (χ4v) is 8.49. The van der Waals surface area contributed by atoms with Gasteiger partial charge < -0.3 is 29.9 Å². The Balaban J connectivity index is 2.35. The Morgan fingerprint density at radius 2 is 1.62 bits per heavy atom. The molecule has 1 aliphatic rings. The lowest BCUT2D eigenvalue weighted by molar-refractivity contribution is -0.148. The van der Waals surface area contributed by atoms with Gasteiger partial charge in [0.05, 0.1) is 42.7 Å². The van der Waals surface area contributed by atoms with Crippen LogP contribution in [0.25, 0.3) is 10.4 Å². The third-order valence-corrected chi connectivity index (χ3v) is 11.9. The minimum atomic E-state index is -0.918. The number of rotatable bonds is 24. The van der Waals surface area contributed by atoms with Gasteiger partial charge in [0, 0.05) is 69.0 Å². The number of amides is 3. The van der Waals surface area contributed by atoms with E-state index in [1.54, 1.807) is 37.9 Å². The first-order chi connectivity index (χ1) is 27.3. The van der Waals surface area contributed by atoms with Crippen molar-refractivity contribution in [3.05, 3.63) is 46.3 Å². The van der Waals surface area contributed by atoms with E-state index in [2.05, 4.69) is 20.7 Å². The highest BCUT2D eigenvalue weighted by atomic mass is 16.5. The molecule has 0 radical (unpaired) electrons. The highest BCUT2D eigenvalue weighted by molar-refractivity contribution is 5.91. The first-order valence-corrected chi connectivity index (χ1v) is 21.0. The van der Waals surface area contributed by atoms with E-state index in [1.165, 1.54) is 7.11 Å². The van der Waals surface area contributed by atoms with Crippen LogP contribution in [0.3, 0.4) is 0 Å². The van der Waals surface area contributed by atoms with E-state index in [1.807, 2.05) is 85.7 Å². The molecule has 0 aromatic heterocycles. The maximum Gasteiger partial charge on any atom is 0.226 e. The summed E-state index contributed by atoms with van der Waals surface area (Å²) in [5.74, 6) is -3.20. The smallest absolute Gasteiger partial charge is 0.226 e. The zero-order valence-corrected chi connectivity index (χ0v) is 37.5. The molecule has 1 heterocycles. The summed E-state index contributed by atoms with van der Waals surface area (Å²) in [5.41, 5.74) is 9.77. The van der Waals surface area contributed by atoms with Crippen molar-refractivity contribution in [1.29, 1.82) is 0 Å². The summed E-state index contributed by atoms with van der Waals surface area (Å²) >= 11 is 0. The van der Waals surface area contributed by atoms with Crippen molar-refractivity contribution in [2.24, 2.45) is 34.7 Å². The second-order valence-electron chi connectivity index (χ2n) is 17.6. The van der Waals surface area contributed by atoms with Crippen molar-refractivity contribution in [3.63, 3.8) is 0 Å². The van der Waals surface area contributed by atoms with Crippen LogP contribution >= 0.6 is 0 Å². The number of nitrogens with zero attached hydrogens (tertiary/aromatic N) is 5. The Morgan fingerprint density at radius 3 is 2.14 bits per heavy atom. The van der Waals surface area contributed by atoms with Gasteiger partial charge in [0.15, 0.2) is 5.78 Å². The van der Waals surface area contributed by atoms with Crippen molar-refractivity contribution in [2.75, 3.05) is 34.9 Å². The maximum absolute atomic E-state index is 14.4. The molecule has 0 bridgehead atoms. The molecule has 10 atom stereocenters. The Labute approximate surface area is 347 Å². The lowest BCUT2D eigenvalue weighted by Crippen LogP contribution is -2.54. The fraction of sp³-hybridized carbons (Fsp3) is 0.750. The summed E-state index contributed by atoms with van der Waals surface area (Å²) in [6, 6.07) is 7.46. The van der Waals surface area contributed by atoms with E-state index < -0.39 is 53.6 Å². The van der Waals surface area contributed by atoms with Crippen LogP contribution in [0.1, 0.15) is 106 Å². The van der Waals surface area contributed by atoms with Gasteiger partial charge in [0.2, 0.25) is 17.7 Å². The van der Waals surface area contributed by atoms with Crippen LogP contribution in [0.15, 0.2) is 35.4 Å². The first kappa shape index (κ1) is 50.3. The quantitative estimate of drug-likeness (QED) is 0.0707. The number of ether oxygens (including phenoxy) is 2. The van der Waals surface area contributed by atoms with Crippen molar-refractivity contribution in [1.82, 2.24) is 20.4 Å². The van der Waals surface area contributed by atoms with Gasteiger partial charge in [-0.1, -0.05) is 83.4 Å². The van der Waals surface area contributed by atoms with Gasteiger partial charge in [-0.3, -0.25) is 24.0 Å². The monoisotopic (exact) mass is 812 g/mol. The summed E-state index contributed by atoms with van der Waals surface area (Å²) in [7, 11) is 6.45. The number of ketones is 2. The number of nitrogens with one attached hydrogen (secondary N) is 2. The highest BCUT2D eigenvalue weighted by Crippen LogP contribution is 2.31. The predicted molar refractivity (Wildman–Crippen MR) is 227 cm³/mol. The Kier molecular flexibility index (Phi) is 20.5. The number of hydrogen-bond acceptors (Lipinski definition) is 9. The van der Waals surface area contributed by atoms with E-state index in [4.69, 9.17) is 9.47 Å². The van der Waals surface area contributed by atoms with Gasteiger partial charge >= 0.3 is 0 Å². The zero-order valence-electron chi connectivity index (χ0n) is 37.5. The molecule has 1 fully saturated rings. The van der Waals surface area contributed by atoms with Crippen molar-refractivity contribution >= 4 is 29.3 Å². The molecule has 2 rings (SSSR count). The van der Waals surface area contributed by atoms with Crippen LogP contribution in [0, 0.1) is 29.6 Å². The molecular formula is C44H73N7O7. The van der Waals surface area contributed by atoms with E-state index in [-0.39, 0.29) is 66.4 Å². The molecule has 14 nitrogen and oxygen atoms in total. The summed E-state index contributed by atoms with van der Waals surface area (Å²) in [6.45, 7) is 17.5. The minimum absolute atomic E-state index is 0.0118. The topological polar surface area (TPSA) is 183 Å². The van der Waals surface area contributed by atoms with E-state index >= 15 is 0 Å². The number of benzene rings is 1. The normalized spacial score (nSPS) is 19.1. The third kappa shape index (κ3) is 14.2. The molecule has 0 aliphatic carbocycles. The van der Waals surface area contributed by atoms with Gasteiger partial charge in [-0.15, -0.1) is 0 Å². The molecule has 14 heteroatoms. The van der Waals surface area contributed by atoms with Crippen molar-refractivity contribution in [2.45, 2.75) is 149 Å². The number of hydrogen-bond donors (Lipinski definition) is 2. The van der Waals surface area contributed by atoms with Gasteiger partial charge in [0.25, 0.3) is 0 Å². The van der Waals surface area contributed by atoms with Crippen molar-refractivity contribution < 1.29 is 33.4 Å². The second kappa shape index (κ2) is 23.7. The number of Topliss-reactive ketones (excluding diaryl/α,β-unsaturated/α-hetero) is 2. The Hall–Kier alpha value is -3.84. The molecule has 326 valence electrons. The molecule has 1 aromatic carbocycles. The number of azide groups is 1. The van der Waals surface area contributed by atoms with E-state index in [0.717, 1.165) is 12.0 Å². The van der Waals surface area contributed by atoms with Crippen LogP contribution in [-0.4, -0.2) is 116 Å². The lowest BCUT2D eigenvalue weighted by Gasteiger charge is -2.40. The fourth-order valence-electron chi connectivity index (χ4n) is 8.49. The zero-order chi connectivity index (χ0) is 43.9. The summed E-state index contributed by atoms with van der Waals surface area (Å²) in [6.07, 6.45) is 1.03. The largest absolute Gasteiger partial charge is 0.379 e. The molecule has 1 saturated heterocycles. The van der Waals surface area contributed by atoms with Gasteiger partial charge in [-0.2, -0.15) is 0 Å². The molecular weight excluding hydrogens is 739 g/mol. The third-order valence-electron chi connectivity index (χ3n) is 11.9. The summed E-state index contributed by atoms with van der Waals surface area (Å²) < 4.78 is 12.0. The second-order valence-corrected chi connectivity index (χ2v) is 17.6. The van der Waals surface area contributed by atoms with Crippen LogP contribution in [-0.2, 0) is 39.9 Å². The number of likely N-dealkylation sites (N-methyl/N-ethyl adjacent to an activating group) is 2. The first-order valence-electron chi connectivity index (χ1n) is 21.0. The average Bonchev–Trinajstić information content (AvgIpc) is 3.65. The minimum Gasteiger partial charge on any atom is -0.379 e. The van der Waals surface area contributed by atoms with Gasteiger partial charge in [-0.25, -0.2) is 0 Å². The van der Waals surface area contributed by atoms with E-state index in [9.17, 15) is 29.5 Å². The molecule has 58 heavy (non-hydrogen) atoms. The molecule has 0 spiro atoms. The predicted octanol–water partition coefficient (Wildman–Crippen LogP) is 6.16. The maximum atomic E-state index is 14.4. The molecule has 2 N–H and O–H groups in total. The molecule has 3 amide bonds. The molecule has 0 unspecified atom stereocenters. The number of carbonyl (C=O) groups excluding carboxylic acids is 5. The SMILES string of the molecule is CC[C@H](C)[C@@H]([C@@H](CC(=O)N1CCC[C@H]1[C@H](OC)[C@@H](C)C(=O)C[C@@H](Cc1ccccc1)C(=O)NC(C)(C)C)OC)N(C)C(=O)[C@@H](CC(=O)[C@@H](NC)C(C)C)[C@H](C)N=[N+]=[N-]. The summed E-state index contributed by atoms with van der Waals surface area (Å²) in [4.78, 5) is 75.9. The van der Waals surface area contributed by atoms with Crippen LogP contribution < -0.4 is 10.6 Å². The van der Waals surface area contributed by atoms with Gasteiger partial charge in [-0.05, 0) is 70.0 Å². The van der Waals surface area contributed by atoms with Crippen LogP contribution in [0.4, 0.5) is 0 Å². The number of carbonyl (C=O) groups is 5. The van der Waals surface area contributed by atoms with E-state index in [0.29, 0.717) is 25.8 Å². The summed E-state index contributed by atoms with van der Waals surface area (Å²) in [5, 5.41) is 9.93. The van der Waals surface area contributed by atoms with Crippen molar-refractivity contribution in [3.8, 4) is 0 Å². The molecule has 0 saturated carbocycles. The lowest BCUT2D eigenvalue weighted by atomic mass is 9.84. The Bertz CT molecular complexity index is 1540. The van der Waals surface area contributed by atoms with Crippen LogP contribution in [0.2, 0.25) is 0 Å². The van der Waals surface area contributed by atoms with Gasteiger partial charge in [0.1, 0.15) is 5.78 Å². The highest BCUT2D eigenvalue weighted by Gasteiger charge is 2.43. The Morgan fingerprint density at radius 1 is 0.983 bits per heavy atom. The van der Waals surface area contributed by atoms with Crippen LogP contribution in [0.5, 0.6) is 0 Å². The number of methoxy groups -OCH3 is 2. The average molecular weight is 812 g/mol. The standard InChI is InChI=1S/C44H73N7O7/c1-14-28(4)40(50(11)43(56)33(30(6)48-49-45)25-36(53)39(46-10)27(2)3)37(57-12)26-38(54)51-22-18-21-34(51)41(58-13)29(5)35(52)24-32(42(55)47-44(7,8)9)23-31-19-16-15-17-20-31/h15-17,19-20,27-30,32-34,37,39-41,46H,14,18,21-26H2,1-13H3,(H,47,55)/t28-,29-,30-,32+,33-,34-,37+,39-,40-,41+/m0/s1. The molecule has 1 aliphatic heterocycles.